The summed E-state index contributed by atoms with van der Waals surface area (Å²) in [7, 11) is 0. The van der Waals surface area contributed by atoms with Crippen LogP contribution in [0.2, 0.25) is 0 Å². The maximum absolute atomic E-state index is 10.3. The summed E-state index contributed by atoms with van der Waals surface area (Å²) in [5.41, 5.74) is 2.24. The molecule has 3 heteroatoms. The monoisotopic (exact) mass is 258 g/mol. The minimum absolute atomic E-state index is 0.211. The molecule has 1 aliphatic rings. The molecule has 0 amide bonds. The second-order valence-corrected chi connectivity index (χ2v) is 5.56. The molecule has 1 aromatic carbocycles. The first-order chi connectivity index (χ1) is 9.31. The summed E-state index contributed by atoms with van der Waals surface area (Å²) >= 11 is 0. The highest BCUT2D eigenvalue weighted by atomic mass is 16.3. The van der Waals surface area contributed by atoms with Crippen LogP contribution in [0, 0.1) is 0 Å². The lowest BCUT2D eigenvalue weighted by atomic mass is 9.92. The fourth-order valence-electron chi connectivity index (χ4n) is 3.26. The first-order valence-electron chi connectivity index (χ1n) is 7.45. The van der Waals surface area contributed by atoms with Gasteiger partial charge in [-0.1, -0.05) is 31.9 Å². The minimum Gasteiger partial charge on any atom is -0.391 e. The van der Waals surface area contributed by atoms with E-state index in [-0.39, 0.29) is 12.1 Å². The number of aromatic nitrogens is 2. The van der Waals surface area contributed by atoms with E-state index in [2.05, 4.69) is 29.7 Å². The topological polar surface area (TPSA) is 38.0 Å². The number of imidazole rings is 1. The molecular weight excluding hydrogens is 236 g/mol. The van der Waals surface area contributed by atoms with Gasteiger partial charge in [-0.05, 0) is 31.4 Å². The molecular formula is C16H22N2O. The molecule has 0 spiro atoms. The Kier molecular flexibility index (Phi) is 3.56. The second-order valence-electron chi connectivity index (χ2n) is 5.56. The number of para-hydroxylation sites is 2. The molecule has 1 N–H and O–H groups in total. The van der Waals surface area contributed by atoms with Crippen LogP contribution in [0.1, 0.15) is 50.9 Å². The molecule has 0 saturated heterocycles. The van der Waals surface area contributed by atoms with E-state index in [9.17, 15) is 5.11 Å². The van der Waals surface area contributed by atoms with Gasteiger partial charge in [-0.2, -0.15) is 0 Å². The summed E-state index contributed by atoms with van der Waals surface area (Å²) in [5, 5.41) is 10.3. The average molecular weight is 258 g/mol. The van der Waals surface area contributed by atoms with Crippen LogP contribution < -0.4 is 0 Å². The number of nitrogens with zero attached hydrogens (tertiary/aromatic N) is 2. The van der Waals surface area contributed by atoms with Crippen molar-refractivity contribution in [3.05, 3.63) is 30.1 Å². The van der Waals surface area contributed by atoms with Crippen LogP contribution in [0.15, 0.2) is 24.3 Å². The fourth-order valence-corrected chi connectivity index (χ4v) is 3.26. The van der Waals surface area contributed by atoms with Crippen LogP contribution in [0.5, 0.6) is 0 Å². The van der Waals surface area contributed by atoms with Crippen molar-refractivity contribution in [3.63, 3.8) is 0 Å². The molecule has 0 unspecified atom stereocenters. The Labute approximate surface area is 114 Å². The first-order valence-corrected chi connectivity index (χ1v) is 7.45. The number of rotatable bonds is 3. The lowest BCUT2D eigenvalue weighted by Crippen LogP contribution is -2.28. The Balaban J connectivity index is 2.10. The van der Waals surface area contributed by atoms with Crippen molar-refractivity contribution in [2.24, 2.45) is 0 Å². The molecule has 0 radical (unpaired) electrons. The third-order valence-electron chi connectivity index (χ3n) is 4.17. The van der Waals surface area contributed by atoms with Crippen molar-refractivity contribution in [1.82, 2.24) is 9.55 Å². The van der Waals surface area contributed by atoms with E-state index in [1.807, 2.05) is 6.07 Å². The molecule has 19 heavy (non-hydrogen) atoms. The second kappa shape index (κ2) is 5.33. The summed E-state index contributed by atoms with van der Waals surface area (Å²) in [4.78, 5) is 4.76. The molecule has 0 bridgehead atoms. The molecule has 3 rings (SSSR count). The van der Waals surface area contributed by atoms with Crippen molar-refractivity contribution in [3.8, 4) is 0 Å². The van der Waals surface area contributed by atoms with Gasteiger partial charge in [0.1, 0.15) is 5.82 Å². The van der Waals surface area contributed by atoms with Gasteiger partial charge in [0.25, 0.3) is 0 Å². The van der Waals surface area contributed by atoms with E-state index in [1.165, 1.54) is 11.9 Å². The molecule has 1 saturated carbocycles. The third kappa shape index (κ3) is 2.27. The predicted octanol–water partition coefficient (Wildman–Crippen LogP) is 3.46. The summed E-state index contributed by atoms with van der Waals surface area (Å²) < 4.78 is 2.31. The van der Waals surface area contributed by atoms with Gasteiger partial charge in [0.05, 0.1) is 23.2 Å². The van der Waals surface area contributed by atoms with Crippen molar-refractivity contribution < 1.29 is 5.11 Å². The third-order valence-corrected chi connectivity index (χ3v) is 4.17. The van der Waals surface area contributed by atoms with Crippen LogP contribution in [0.4, 0.5) is 0 Å². The molecule has 1 heterocycles. The Morgan fingerprint density at radius 2 is 2.05 bits per heavy atom. The molecule has 1 aromatic heterocycles. The first kappa shape index (κ1) is 12.7. The van der Waals surface area contributed by atoms with Gasteiger partial charge in [-0.3, -0.25) is 0 Å². The number of aryl methyl sites for hydroxylation is 1. The summed E-state index contributed by atoms with van der Waals surface area (Å²) in [6.07, 6.45) is 6.19. The lowest BCUT2D eigenvalue weighted by Gasteiger charge is -2.30. The van der Waals surface area contributed by atoms with Crippen molar-refractivity contribution in [2.75, 3.05) is 0 Å². The average Bonchev–Trinajstić information content (AvgIpc) is 2.78. The zero-order valence-corrected chi connectivity index (χ0v) is 11.5. The minimum atomic E-state index is -0.220. The molecule has 102 valence electrons. The Hall–Kier alpha value is -1.35. The maximum Gasteiger partial charge on any atom is 0.110 e. The smallest absolute Gasteiger partial charge is 0.110 e. The van der Waals surface area contributed by atoms with E-state index in [1.54, 1.807) is 0 Å². The SMILES string of the molecule is CCCc1nc2ccccc2n1[C@H]1CCCC[C@@H]1O. The van der Waals surface area contributed by atoms with Crippen LogP contribution in [-0.2, 0) is 6.42 Å². The predicted molar refractivity (Wildman–Crippen MR) is 77.2 cm³/mol. The molecule has 2 aromatic rings. The number of aliphatic hydroxyl groups excluding tert-OH is 1. The number of fused-ring (bicyclic) bond motifs is 1. The highest BCUT2D eigenvalue weighted by Gasteiger charge is 2.27. The highest BCUT2D eigenvalue weighted by Crippen LogP contribution is 2.33. The van der Waals surface area contributed by atoms with Crippen LogP contribution in [0.25, 0.3) is 11.0 Å². The van der Waals surface area contributed by atoms with Crippen LogP contribution in [-0.4, -0.2) is 20.8 Å². The van der Waals surface area contributed by atoms with Gasteiger partial charge in [0.2, 0.25) is 0 Å². The molecule has 2 atom stereocenters. The zero-order valence-electron chi connectivity index (χ0n) is 11.5. The summed E-state index contributed by atoms with van der Waals surface area (Å²) in [6, 6.07) is 8.50. The van der Waals surface area contributed by atoms with Crippen molar-refractivity contribution >= 4 is 11.0 Å². The van der Waals surface area contributed by atoms with Gasteiger partial charge < -0.3 is 9.67 Å². The van der Waals surface area contributed by atoms with Gasteiger partial charge in [0, 0.05) is 6.42 Å². The Bertz CT molecular complexity index is 561. The van der Waals surface area contributed by atoms with E-state index < -0.39 is 0 Å². The van der Waals surface area contributed by atoms with E-state index in [4.69, 9.17) is 4.98 Å². The molecule has 0 aliphatic heterocycles. The van der Waals surface area contributed by atoms with Crippen LogP contribution in [0.3, 0.4) is 0 Å². The number of aliphatic hydroxyl groups is 1. The Morgan fingerprint density at radius 1 is 1.26 bits per heavy atom. The quantitative estimate of drug-likeness (QED) is 0.915. The van der Waals surface area contributed by atoms with Gasteiger partial charge >= 0.3 is 0 Å². The standard InChI is InChI=1S/C16H22N2O/c1-2-7-16-17-12-8-3-4-9-13(12)18(16)14-10-5-6-11-15(14)19/h3-4,8-9,14-15,19H,2,5-7,10-11H2,1H3/t14-,15-/m0/s1. The van der Waals surface area contributed by atoms with Crippen molar-refractivity contribution in [1.29, 1.82) is 0 Å². The zero-order chi connectivity index (χ0) is 13.2. The number of hydrogen-bond acceptors (Lipinski definition) is 2. The fraction of sp³-hybridized carbons (Fsp3) is 0.562. The van der Waals surface area contributed by atoms with Crippen molar-refractivity contribution in [2.45, 2.75) is 57.6 Å². The normalized spacial score (nSPS) is 23.9. The lowest BCUT2D eigenvalue weighted by molar-refractivity contribution is 0.0759. The molecule has 1 fully saturated rings. The summed E-state index contributed by atoms with van der Waals surface area (Å²) in [6.45, 7) is 2.18. The van der Waals surface area contributed by atoms with E-state index in [0.29, 0.717) is 0 Å². The largest absolute Gasteiger partial charge is 0.391 e. The highest BCUT2D eigenvalue weighted by molar-refractivity contribution is 5.76. The van der Waals surface area contributed by atoms with Gasteiger partial charge in [-0.25, -0.2) is 4.98 Å². The van der Waals surface area contributed by atoms with Crippen LogP contribution >= 0.6 is 0 Å². The maximum atomic E-state index is 10.3. The number of benzene rings is 1. The van der Waals surface area contributed by atoms with Gasteiger partial charge in [-0.15, -0.1) is 0 Å². The van der Waals surface area contributed by atoms with E-state index >= 15 is 0 Å². The van der Waals surface area contributed by atoms with Gasteiger partial charge in [0.15, 0.2) is 0 Å². The molecule has 1 aliphatic carbocycles. The Morgan fingerprint density at radius 3 is 2.84 bits per heavy atom. The number of hydrogen-bond donors (Lipinski definition) is 1. The molecule has 3 nitrogen and oxygen atoms in total. The summed E-state index contributed by atoms with van der Waals surface area (Å²) in [5.74, 6) is 1.13. The van der Waals surface area contributed by atoms with E-state index in [0.717, 1.165) is 43.4 Å².